The number of hydrogen-bond acceptors (Lipinski definition) is 3. The number of aromatic nitrogens is 1. The number of alkyl halides is 3. The quantitative estimate of drug-likeness (QED) is 0.795. The second-order valence-electron chi connectivity index (χ2n) is 2.57. The Hall–Kier alpha value is -1.29. The van der Waals surface area contributed by atoms with Crippen molar-refractivity contribution in [3.05, 3.63) is 21.8 Å². The summed E-state index contributed by atoms with van der Waals surface area (Å²) in [5.74, 6) is -0.731. The van der Waals surface area contributed by atoms with Crippen molar-refractivity contribution >= 4 is 15.9 Å². The third-order valence-electron chi connectivity index (χ3n) is 1.45. The number of nitrogens with zero attached hydrogens (tertiary/aromatic N) is 2. The van der Waals surface area contributed by atoms with E-state index in [1.165, 1.54) is 13.0 Å². The summed E-state index contributed by atoms with van der Waals surface area (Å²) in [4.78, 5) is 3.52. The molecule has 3 nitrogen and oxygen atoms in total. The first-order valence-electron chi connectivity index (χ1n) is 3.66. The van der Waals surface area contributed by atoms with Crippen LogP contribution in [0.5, 0.6) is 5.88 Å². The van der Waals surface area contributed by atoms with Crippen LogP contribution in [0, 0.1) is 18.3 Å². The predicted octanol–water partition coefficient (Wildman–Crippen LogP) is 2.92. The number of pyridine rings is 1. The first-order chi connectivity index (χ1) is 6.83. The zero-order chi connectivity index (χ0) is 11.6. The van der Waals surface area contributed by atoms with E-state index in [9.17, 15) is 13.2 Å². The summed E-state index contributed by atoms with van der Waals surface area (Å²) in [6, 6.07) is 2.79. The Morgan fingerprint density at radius 3 is 2.60 bits per heavy atom. The van der Waals surface area contributed by atoms with Gasteiger partial charge in [0.15, 0.2) is 0 Å². The molecule has 1 rings (SSSR count). The molecule has 7 heteroatoms. The fourth-order valence-corrected chi connectivity index (χ4v) is 1.14. The second-order valence-corrected chi connectivity index (χ2v) is 3.42. The van der Waals surface area contributed by atoms with Gasteiger partial charge in [0, 0.05) is 4.47 Å². The minimum absolute atomic E-state index is 0.273. The van der Waals surface area contributed by atoms with Crippen molar-refractivity contribution in [1.29, 1.82) is 5.26 Å². The average molecular weight is 281 g/mol. The third-order valence-corrected chi connectivity index (χ3v) is 2.25. The van der Waals surface area contributed by atoms with Crippen LogP contribution in [0.4, 0.5) is 13.2 Å². The molecular weight excluding hydrogens is 277 g/mol. The van der Waals surface area contributed by atoms with Crippen LogP contribution in [-0.2, 0) is 0 Å². The van der Waals surface area contributed by atoms with Gasteiger partial charge in [-0.2, -0.15) is 5.26 Å². The maximum Gasteiger partial charge on any atom is 0.574 e. The first kappa shape index (κ1) is 11.8. The first-order valence-corrected chi connectivity index (χ1v) is 4.46. The molecule has 1 aromatic heterocycles. The normalized spacial score (nSPS) is 10.9. The van der Waals surface area contributed by atoms with Crippen molar-refractivity contribution in [2.45, 2.75) is 13.3 Å². The van der Waals surface area contributed by atoms with Crippen molar-refractivity contribution in [3.8, 4) is 11.9 Å². The van der Waals surface area contributed by atoms with Crippen molar-refractivity contribution in [1.82, 2.24) is 4.98 Å². The molecule has 0 atom stereocenters. The van der Waals surface area contributed by atoms with Gasteiger partial charge in [-0.1, -0.05) is 0 Å². The zero-order valence-corrected chi connectivity index (χ0v) is 8.98. The number of ether oxygens (including phenoxy) is 1. The molecule has 0 bridgehead atoms. The summed E-state index contributed by atoms with van der Waals surface area (Å²) in [6.45, 7) is 1.49. The van der Waals surface area contributed by atoms with E-state index in [4.69, 9.17) is 5.26 Å². The SMILES string of the molecule is Cc1nc(OC(F)(F)F)c(C#N)cc1Br. The van der Waals surface area contributed by atoms with Crippen molar-refractivity contribution in [3.63, 3.8) is 0 Å². The van der Waals surface area contributed by atoms with Crippen LogP contribution in [0.3, 0.4) is 0 Å². The van der Waals surface area contributed by atoms with E-state index in [-0.39, 0.29) is 5.56 Å². The minimum atomic E-state index is -4.85. The highest BCUT2D eigenvalue weighted by atomic mass is 79.9. The molecule has 0 saturated carbocycles. The Morgan fingerprint density at radius 2 is 2.13 bits per heavy atom. The molecule has 0 spiro atoms. The van der Waals surface area contributed by atoms with Gasteiger partial charge in [-0.3, -0.25) is 0 Å². The molecule has 0 radical (unpaired) electrons. The number of halogens is 4. The third kappa shape index (κ3) is 3.09. The summed E-state index contributed by atoms with van der Waals surface area (Å²) >= 11 is 3.05. The molecule has 80 valence electrons. The summed E-state index contributed by atoms with van der Waals surface area (Å²) < 4.78 is 39.8. The Kier molecular flexibility index (Phi) is 3.19. The molecule has 0 unspecified atom stereocenters. The van der Waals surface area contributed by atoms with Gasteiger partial charge in [-0.25, -0.2) is 4.98 Å². The topological polar surface area (TPSA) is 45.9 Å². The number of nitriles is 1. The lowest BCUT2D eigenvalue weighted by molar-refractivity contribution is -0.276. The molecule has 0 aliphatic heterocycles. The second kappa shape index (κ2) is 4.06. The van der Waals surface area contributed by atoms with Crippen molar-refractivity contribution in [2.75, 3.05) is 0 Å². The largest absolute Gasteiger partial charge is 0.574 e. The highest BCUT2D eigenvalue weighted by Crippen LogP contribution is 2.27. The molecule has 1 heterocycles. The Bertz CT molecular complexity index is 425. The van der Waals surface area contributed by atoms with E-state index in [1.54, 1.807) is 6.07 Å². The van der Waals surface area contributed by atoms with Gasteiger partial charge in [-0.15, -0.1) is 13.2 Å². The van der Waals surface area contributed by atoms with Gasteiger partial charge >= 0.3 is 6.36 Å². The summed E-state index contributed by atoms with van der Waals surface area (Å²) in [7, 11) is 0. The zero-order valence-electron chi connectivity index (χ0n) is 7.39. The number of aryl methyl sites for hydroxylation is 1. The van der Waals surface area contributed by atoms with Crippen LogP contribution >= 0.6 is 15.9 Å². The molecule has 0 saturated heterocycles. The molecule has 0 amide bonds. The lowest BCUT2D eigenvalue weighted by atomic mass is 10.2. The van der Waals surface area contributed by atoms with E-state index >= 15 is 0 Å². The number of hydrogen-bond donors (Lipinski definition) is 0. The molecule has 0 fully saturated rings. The van der Waals surface area contributed by atoms with Crippen LogP contribution in [0.25, 0.3) is 0 Å². The fourth-order valence-electron chi connectivity index (χ4n) is 0.826. The standard InChI is InChI=1S/C8H4BrF3N2O/c1-4-6(9)2-5(3-13)7(14-4)15-8(10,11)12/h2H,1H3. The lowest BCUT2D eigenvalue weighted by Crippen LogP contribution is -2.19. The van der Waals surface area contributed by atoms with E-state index in [0.717, 1.165) is 0 Å². The van der Waals surface area contributed by atoms with E-state index in [2.05, 4.69) is 25.7 Å². The van der Waals surface area contributed by atoms with Gasteiger partial charge in [0.1, 0.15) is 11.6 Å². The van der Waals surface area contributed by atoms with Gasteiger partial charge in [0.25, 0.3) is 0 Å². The molecule has 0 aliphatic rings. The molecule has 0 aromatic carbocycles. The van der Waals surface area contributed by atoms with Crippen LogP contribution in [0.1, 0.15) is 11.3 Å². The highest BCUT2D eigenvalue weighted by molar-refractivity contribution is 9.10. The van der Waals surface area contributed by atoms with Crippen LogP contribution < -0.4 is 4.74 Å². The van der Waals surface area contributed by atoms with Crippen molar-refractivity contribution < 1.29 is 17.9 Å². The maximum absolute atomic E-state index is 11.9. The maximum atomic E-state index is 11.9. The summed E-state index contributed by atoms with van der Waals surface area (Å²) in [5, 5.41) is 8.57. The van der Waals surface area contributed by atoms with Crippen molar-refractivity contribution in [2.24, 2.45) is 0 Å². The highest BCUT2D eigenvalue weighted by Gasteiger charge is 2.33. The fraction of sp³-hybridized carbons (Fsp3) is 0.250. The van der Waals surface area contributed by atoms with E-state index in [1.807, 2.05) is 0 Å². The molecule has 1 aromatic rings. The van der Waals surface area contributed by atoms with Gasteiger partial charge in [0.2, 0.25) is 5.88 Å². The monoisotopic (exact) mass is 280 g/mol. The molecule has 15 heavy (non-hydrogen) atoms. The average Bonchev–Trinajstić information content (AvgIpc) is 2.08. The Balaban J connectivity index is 3.18. The molecule has 0 aliphatic carbocycles. The molecular formula is C8H4BrF3N2O. The van der Waals surface area contributed by atoms with E-state index < -0.39 is 12.2 Å². The van der Waals surface area contributed by atoms with Crippen LogP contribution in [-0.4, -0.2) is 11.3 Å². The predicted molar refractivity (Wildman–Crippen MR) is 48.1 cm³/mol. The van der Waals surface area contributed by atoms with Gasteiger partial charge in [-0.05, 0) is 28.9 Å². The van der Waals surface area contributed by atoms with Crippen LogP contribution in [0.2, 0.25) is 0 Å². The Morgan fingerprint density at radius 1 is 1.53 bits per heavy atom. The smallest absolute Gasteiger partial charge is 0.386 e. The van der Waals surface area contributed by atoms with Crippen LogP contribution in [0.15, 0.2) is 10.5 Å². The molecule has 0 N–H and O–H groups in total. The lowest BCUT2D eigenvalue weighted by Gasteiger charge is -2.10. The minimum Gasteiger partial charge on any atom is -0.386 e. The number of rotatable bonds is 1. The Labute approximate surface area is 91.6 Å². The van der Waals surface area contributed by atoms with Gasteiger partial charge in [0.05, 0.1) is 5.69 Å². The van der Waals surface area contributed by atoms with E-state index in [0.29, 0.717) is 10.2 Å². The van der Waals surface area contributed by atoms with Gasteiger partial charge < -0.3 is 4.74 Å². The summed E-state index contributed by atoms with van der Waals surface area (Å²) in [5.41, 5.74) is 0.0399. The summed E-state index contributed by atoms with van der Waals surface area (Å²) in [6.07, 6.45) is -4.85.